The van der Waals surface area contributed by atoms with Crippen LogP contribution >= 0.6 is 11.3 Å². The second-order valence-electron chi connectivity index (χ2n) is 4.06. The van der Waals surface area contributed by atoms with Gasteiger partial charge in [0, 0.05) is 17.3 Å². The number of halogens is 1. The number of rotatable bonds is 4. The van der Waals surface area contributed by atoms with Crippen molar-refractivity contribution in [2.24, 2.45) is 0 Å². The third-order valence-electron chi connectivity index (χ3n) is 2.50. The summed E-state index contributed by atoms with van der Waals surface area (Å²) in [5.74, 6) is -0.273. The van der Waals surface area contributed by atoms with Crippen LogP contribution in [0.1, 0.15) is 11.8 Å². The van der Waals surface area contributed by atoms with Gasteiger partial charge in [-0.3, -0.25) is 0 Å². The maximum atomic E-state index is 13.1. The second kappa shape index (κ2) is 5.19. The number of nitrogens with two attached hydrogens (primary N) is 1. The first-order valence-electron chi connectivity index (χ1n) is 5.49. The van der Waals surface area contributed by atoms with Gasteiger partial charge < -0.3 is 11.1 Å². The van der Waals surface area contributed by atoms with E-state index in [1.165, 1.54) is 17.0 Å². The number of thiophene rings is 1. The summed E-state index contributed by atoms with van der Waals surface area (Å²) in [6.07, 6.45) is 0.910. The van der Waals surface area contributed by atoms with Gasteiger partial charge in [0.25, 0.3) is 0 Å². The first-order valence-corrected chi connectivity index (χ1v) is 6.37. The van der Waals surface area contributed by atoms with Gasteiger partial charge in [-0.2, -0.15) is 0 Å². The van der Waals surface area contributed by atoms with E-state index in [2.05, 4.69) is 23.7 Å². The zero-order chi connectivity index (χ0) is 12.3. The Kier molecular flexibility index (Phi) is 3.64. The third kappa shape index (κ3) is 3.20. The smallest absolute Gasteiger partial charge is 0.125 e. The molecule has 0 amide bonds. The summed E-state index contributed by atoms with van der Waals surface area (Å²) < 4.78 is 13.1. The highest BCUT2D eigenvalue weighted by molar-refractivity contribution is 7.09. The van der Waals surface area contributed by atoms with Gasteiger partial charge in [0.2, 0.25) is 0 Å². The normalized spacial score (nSPS) is 12.4. The lowest BCUT2D eigenvalue weighted by molar-refractivity contribution is 0.628. The average molecular weight is 250 g/mol. The Morgan fingerprint density at radius 3 is 2.94 bits per heavy atom. The van der Waals surface area contributed by atoms with Gasteiger partial charge in [0.05, 0.1) is 11.4 Å². The van der Waals surface area contributed by atoms with E-state index in [-0.39, 0.29) is 11.9 Å². The van der Waals surface area contributed by atoms with E-state index < -0.39 is 0 Å². The van der Waals surface area contributed by atoms with Crippen molar-refractivity contribution in [3.63, 3.8) is 0 Å². The molecule has 2 rings (SSSR count). The number of hydrogen-bond donors (Lipinski definition) is 2. The topological polar surface area (TPSA) is 38.0 Å². The van der Waals surface area contributed by atoms with Crippen LogP contribution in [-0.2, 0) is 6.42 Å². The van der Waals surface area contributed by atoms with Crippen LogP contribution in [0.2, 0.25) is 0 Å². The van der Waals surface area contributed by atoms with Crippen molar-refractivity contribution >= 4 is 22.7 Å². The maximum absolute atomic E-state index is 13.1. The van der Waals surface area contributed by atoms with E-state index in [0.29, 0.717) is 11.4 Å². The highest BCUT2D eigenvalue weighted by Crippen LogP contribution is 2.21. The monoisotopic (exact) mass is 250 g/mol. The first-order chi connectivity index (χ1) is 8.15. The molecule has 0 fully saturated rings. The molecule has 0 aliphatic carbocycles. The molecular weight excluding hydrogens is 235 g/mol. The molecule has 1 heterocycles. The largest absolute Gasteiger partial charge is 0.397 e. The van der Waals surface area contributed by atoms with Crippen LogP contribution in [0.15, 0.2) is 35.7 Å². The molecule has 1 aromatic carbocycles. The molecule has 1 aromatic heterocycles. The SMILES string of the molecule is CC(Cc1cccs1)Nc1cc(F)ccc1N. The molecule has 1 atom stereocenters. The van der Waals surface area contributed by atoms with Gasteiger partial charge in [-0.05, 0) is 36.6 Å². The van der Waals surface area contributed by atoms with Crippen molar-refractivity contribution < 1.29 is 4.39 Å². The van der Waals surface area contributed by atoms with Crippen molar-refractivity contribution in [3.8, 4) is 0 Å². The van der Waals surface area contributed by atoms with Crippen molar-refractivity contribution in [1.29, 1.82) is 0 Å². The Hall–Kier alpha value is -1.55. The van der Waals surface area contributed by atoms with E-state index in [1.54, 1.807) is 17.4 Å². The van der Waals surface area contributed by atoms with E-state index in [4.69, 9.17) is 5.73 Å². The van der Waals surface area contributed by atoms with E-state index in [9.17, 15) is 4.39 Å². The van der Waals surface area contributed by atoms with Gasteiger partial charge in [-0.1, -0.05) is 6.07 Å². The van der Waals surface area contributed by atoms with Gasteiger partial charge in [0.1, 0.15) is 5.82 Å². The zero-order valence-electron chi connectivity index (χ0n) is 9.61. The maximum Gasteiger partial charge on any atom is 0.125 e. The van der Waals surface area contributed by atoms with Gasteiger partial charge in [0.15, 0.2) is 0 Å². The average Bonchev–Trinajstić information content (AvgIpc) is 2.76. The van der Waals surface area contributed by atoms with E-state index >= 15 is 0 Å². The summed E-state index contributed by atoms with van der Waals surface area (Å²) in [6.45, 7) is 2.06. The lowest BCUT2D eigenvalue weighted by atomic mass is 10.2. The van der Waals surface area contributed by atoms with Gasteiger partial charge >= 0.3 is 0 Å². The number of nitrogens with one attached hydrogen (secondary N) is 1. The Morgan fingerprint density at radius 1 is 1.41 bits per heavy atom. The molecule has 0 spiro atoms. The number of hydrogen-bond acceptors (Lipinski definition) is 3. The summed E-state index contributed by atoms with van der Waals surface area (Å²) >= 11 is 1.72. The summed E-state index contributed by atoms with van der Waals surface area (Å²) in [5, 5.41) is 5.29. The fourth-order valence-corrected chi connectivity index (χ4v) is 2.54. The second-order valence-corrected chi connectivity index (χ2v) is 5.09. The number of benzene rings is 1. The van der Waals surface area contributed by atoms with Crippen LogP contribution in [0.25, 0.3) is 0 Å². The Labute approximate surface area is 104 Å². The van der Waals surface area contributed by atoms with Crippen molar-refractivity contribution in [1.82, 2.24) is 0 Å². The van der Waals surface area contributed by atoms with Crippen LogP contribution in [0, 0.1) is 5.82 Å². The minimum absolute atomic E-state index is 0.220. The van der Waals surface area contributed by atoms with Gasteiger partial charge in [-0.25, -0.2) is 4.39 Å². The van der Waals surface area contributed by atoms with Crippen LogP contribution in [0.5, 0.6) is 0 Å². The first kappa shape index (κ1) is 11.9. The highest BCUT2D eigenvalue weighted by atomic mass is 32.1. The number of nitrogen functional groups attached to an aromatic ring is 1. The van der Waals surface area contributed by atoms with Crippen molar-refractivity contribution in [2.75, 3.05) is 11.1 Å². The molecule has 0 aliphatic rings. The standard InChI is InChI=1S/C13H15FN2S/c1-9(7-11-3-2-6-17-11)16-13-8-10(14)4-5-12(13)15/h2-6,8-9,16H,7,15H2,1H3. The van der Waals surface area contributed by atoms with Crippen LogP contribution in [-0.4, -0.2) is 6.04 Å². The quantitative estimate of drug-likeness (QED) is 0.815. The van der Waals surface area contributed by atoms with Crippen molar-refractivity contribution in [2.45, 2.75) is 19.4 Å². The molecule has 2 aromatic rings. The third-order valence-corrected chi connectivity index (χ3v) is 3.40. The predicted molar refractivity (Wildman–Crippen MR) is 71.9 cm³/mol. The minimum Gasteiger partial charge on any atom is -0.397 e. The minimum atomic E-state index is -0.273. The highest BCUT2D eigenvalue weighted by Gasteiger charge is 2.07. The lowest BCUT2D eigenvalue weighted by Gasteiger charge is -2.16. The molecule has 0 aliphatic heterocycles. The molecule has 0 bridgehead atoms. The van der Waals surface area contributed by atoms with E-state index in [1.807, 2.05) is 6.07 Å². The van der Waals surface area contributed by atoms with Gasteiger partial charge in [-0.15, -0.1) is 11.3 Å². The summed E-state index contributed by atoms with van der Waals surface area (Å²) in [5.41, 5.74) is 7.02. The lowest BCUT2D eigenvalue weighted by Crippen LogP contribution is -2.18. The summed E-state index contributed by atoms with van der Waals surface area (Å²) in [7, 11) is 0. The molecule has 90 valence electrons. The molecule has 3 N–H and O–H groups in total. The van der Waals surface area contributed by atoms with Crippen LogP contribution < -0.4 is 11.1 Å². The van der Waals surface area contributed by atoms with Crippen molar-refractivity contribution in [3.05, 3.63) is 46.4 Å². The number of anilines is 2. The summed E-state index contributed by atoms with van der Waals surface area (Å²) in [4.78, 5) is 1.31. The molecule has 17 heavy (non-hydrogen) atoms. The Bertz CT molecular complexity index is 482. The molecule has 0 saturated heterocycles. The molecule has 1 unspecified atom stereocenters. The molecule has 2 nitrogen and oxygen atoms in total. The Balaban J connectivity index is 2.02. The summed E-state index contributed by atoms with van der Waals surface area (Å²) in [6, 6.07) is 8.72. The molecular formula is C13H15FN2S. The molecule has 0 saturated carbocycles. The van der Waals surface area contributed by atoms with Crippen LogP contribution in [0.3, 0.4) is 0 Å². The zero-order valence-corrected chi connectivity index (χ0v) is 10.4. The fraction of sp³-hybridized carbons (Fsp3) is 0.231. The Morgan fingerprint density at radius 2 is 2.24 bits per heavy atom. The van der Waals surface area contributed by atoms with Crippen LogP contribution in [0.4, 0.5) is 15.8 Å². The van der Waals surface area contributed by atoms with E-state index in [0.717, 1.165) is 6.42 Å². The fourth-order valence-electron chi connectivity index (χ4n) is 1.70. The molecule has 0 radical (unpaired) electrons. The molecule has 4 heteroatoms. The predicted octanol–water partition coefficient (Wildman–Crippen LogP) is 3.51.